The van der Waals surface area contributed by atoms with E-state index in [0.29, 0.717) is 17.0 Å². The van der Waals surface area contributed by atoms with Crippen molar-refractivity contribution in [1.82, 2.24) is 5.32 Å². The van der Waals surface area contributed by atoms with Crippen LogP contribution < -0.4 is 14.8 Å². The smallest absolute Gasteiger partial charge is 0.200 e. The lowest BCUT2D eigenvalue weighted by molar-refractivity contribution is 0.175. The van der Waals surface area contributed by atoms with Gasteiger partial charge in [0.15, 0.2) is 11.5 Å². The third-order valence-corrected chi connectivity index (χ3v) is 4.19. The van der Waals surface area contributed by atoms with Crippen LogP contribution in [0.5, 0.6) is 17.2 Å². The molecule has 106 valence electrons. The van der Waals surface area contributed by atoms with E-state index < -0.39 is 0 Å². The van der Waals surface area contributed by atoms with E-state index in [1.165, 1.54) is 19.3 Å². The summed E-state index contributed by atoms with van der Waals surface area (Å²) in [4.78, 5) is 0. The summed E-state index contributed by atoms with van der Waals surface area (Å²) in [6.07, 6.45) is 4.95. The van der Waals surface area contributed by atoms with Crippen molar-refractivity contribution in [2.45, 2.75) is 44.7 Å². The van der Waals surface area contributed by atoms with Gasteiger partial charge in [0.1, 0.15) is 0 Å². The van der Waals surface area contributed by atoms with Crippen molar-refractivity contribution >= 4 is 0 Å². The Bertz CT molecular complexity index is 411. The summed E-state index contributed by atoms with van der Waals surface area (Å²) in [7, 11) is 3.09. The monoisotopic (exact) mass is 265 g/mol. The Morgan fingerprint density at radius 2 is 1.79 bits per heavy atom. The summed E-state index contributed by atoms with van der Waals surface area (Å²) in [5.41, 5.74) is 1.37. The molecule has 1 aromatic rings. The number of phenolic OH excluding ortho intramolecular Hbond substituents is 1. The maximum atomic E-state index is 9.87. The molecule has 0 spiro atoms. The van der Waals surface area contributed by atoms with Crippen molar-refractivity contribution < 1.29 is 14.6 Å². The number of phenols is 1. The lowest BCUT2D eigenvalue weighted by Crippen LogP contribution is -2.49. The van der Waals surface area contributed by atoms with Gasteiger partial charge >= 0.3 is 0 Å². The van der Waals surface area contributed by atoms with Crippen molar-refractivity contribution in [1.29, 1.82) is 0 Å². The molecule has 1 aromatic carbocycles. The first-order chi connectivity index (χ1) is 9.14. The molecule has 0 aromatic heterocycles. The van der Waals surface area contributed by atoms with Crippen molar-refractivity contribution in [3.63, 3.8) is 0 Å². The third-order valence-electron chi connectivity index (χ3n) is 4.19. The number of benzene rings is 1. The zero-order chi connectivity index (χ0) is 13.9. The summed E-state index contributed by atoms with van der Waals surface area (Å²) < 4.78 is 10.3. The molecule has 4 nitrogen and oxygen atoms in total. The molecule has 19 heavy (non-hydrogen) atoms. The number of nitrogens with one attached hydrogen (secondary N) is 1. The van der Waals surface area contributed by atoms with E-state index in [0.717, 1.165) is 18.5 Å². The van der Waals surface area contributed by atoms with Gasteiger partial charge in [-0.05, 0) is 43.4 Å². The molecular formula is C15H23NO3. The largest absolute Gasteiger partial charge is 0.502 e. The number of rotatable bonds is 6. The molecule has 0 heterocycles. The highest BCUT2D eigenvalue weighted by molar-refractivity contribution is 5.52. The number of hydrogen-bond acceptors (Lipinski definition) is 4. The van der Waals surface area contributed by atoms with Crippen LogP contribution in [0, 0.1) is 0 Å². The first-order valence-electron chi connectivity index (χ1n) is 6.83. The number of aromatic hydroxyl groups is 1. The van der Waals surface area contributed by atoms with Crippen LogP contribution in [0.3, 0.4) is 0 Å². The zero-order valence-corrected chi connectivity index (χ0v) is 12.0. The van der Waals surface area contributed by atoms with E-state index in [1.807, 2.05) is 12.1 Å². The van der Waals surface area contributed by atoms with Gasteiger partial charge in [0.05, 0.1) is 14.2 Å². The van der Waals surface area contributed by atoms with Crippen molar-refractivity contribution in [2.24, 2.45) is 0 Å². The second-order valence-electron chi connectivity index (χ2n) is 5.19. The van der Waals surface area contributed by atoms with Crippen LogP contribution in [0.25, 0.3) is 0 Å². The van der Waals surface area contributed by atoms with Gasteiger partial charge in [0, 0.05) is 12.1 Å². The summed E-state index contributed by atoms with van der Waals surface area (Å²) in [5.74, 6) is 0.966. The molecule has 4 heteroatoms. The fourth-order valence-corrected chi connectivity index (χ4v) is 2.60. The van der Waals surface area contributed by atoms with Gasteiger partial charge < -0.3 is 19.9 Å². The fourth-order valence-electron chi connectivity index (χ4n) is 2.60. The molecule has 0 radical (unpaired) electrons. The SMILES string of the molecule is CCC1(NCc2cc(OC)c(O)c(OC)c2)CCC1. The molecule has 2 N–H and O–H groups in total. The Hall–Kier alpha value is -1.42. The van der Waals surface area contributed by atoms with Gasteiger partial charge in [-0.2, -0.15) is 0 Å². The maximum absolute atomic E-state index is 9.87. The van der Waals surface area contributed by atoms with Gasteiger partial charge in [-0.15, -0.1) is 0 Å². The van der Waals surface area contributed by atoms with Crippen LogP contribution in [-0.2, 0) is 6.54 Å². The molecule has 0 amide bonds. The quantitative estimate of drug-likeness (QED) is 0.830. The van der Waals surface area contributed by atoms with Crippen LogP contribution in [0.15, 0.2) is 12.1 Å². The lowest BCUT2D eigenvalue weighted by Gasteiger charge is -2.42. The summed E-state index contributed by atoms with van der Waals surface area (Å²) in [6.45, 7) is 2.99. The van der Waals surface area contributed by atoms with Crippen molar-refractivity contribution in [2.75, 3.05) is 14.2 Å². The summed E-state index contributed by atoms with van der Waals surface area (Å²) in [5, 5.41) is 13.5. The van der Waals surface area contributed by atoms with Gasteiger partial charge in [0.25, 0.3) is 0 Å². The highest BCUT2D eigenvalue weighted by atomic mass is 16.5. The van der Waals surface area contributed by atoms with Crippen LogP contribution in [0.2, 0.25) is 0 Å². The molecule has 1 aliphatic rings. The Kier molecular flexibility index (Phi) is 4.20. The Morgan fingerprint density at radius 1 is 1.21 bits per heavy atom. The molecule has 1 saturated carbocycles. The molecule has 0 unspecified atom stereocenters. The van der Waals surface area contributed by atoms with E-state index in [-0.39, 0.29) is 5.75 Å². The van der Waals surface area contributed by atoms with E-state index in [4.69, 9.17) is 9.47 Å². The van der Waals surface area contributed by atoms with Crippen molar-refractivity contribution in [3.05, 3.63) is 17.7 Å². The van der Waals surface area contributed by atoms with Crippen molar-refractivity contribution in [3.8, 4) is 17.2 Å². The Labute approximate surface area is 114 Å². The highest BCUT2D eigenvalue weighted by Gasteiger charge is 2.34. The molecule has 1 fully saturated rings. The Balaban J connectivity index is 2.11. The minimum atomic E-state index is 0.0580. The minimum Gasteiger partial charge on any atom is -0.502 e. The van der Waals surface area contributed by atoms with Gasteiger partial charge in [0.2, 0.25) is 5.75 Å². The van der Waals surface area contributed by atoms with E-state index in [1.54, 1.807) is 14.2 Å². The van der Waals surface area contributed by atoms with E-state index in [9.17, 15) is 5.11 Å². The minimum absolute atomic E-state index is 0.0580. The van der Waals surface area contributed by atoms with Crippen LogP contribution in [0.1, 0.15) is 38.2 Å². The average Bonchev–Trinajstić information content (AvgIpc) is 2.39. The molecule has 0 aliphatic heterocycles. The fraction of sp³-hybridized carbons (Fsp3) is 0.600. The van der Waals surface area contributed by atoms with Crippen LogP contribution in [0.4, 0.5) is 0 Å². The average molecular weight is 265 g/mol. The number of methoxy groups -OCH3 is 2. The van der Waals surface area contributed by atoms with Gasteiger partial charge in [-0.25, -0.2) is 0 Å². The van der Waals surface area contributed by atoms with Crippen LogP contribution >= 0.6 is 0 Å². The Morgan fingerprint density at radius 3 is 2.16 bits per heavy atom. The lowest BCUT2D eigenvalue weighted by atomic mass is 9.75. The predicted molar refractivity (Wildman–Crippen MR) is 74.9 cm³/mol. The first-order valence-corrected chi connectivity index (χ1v) is 6.83. The van der Waals surface area contributed by atoms with Gasteiger partial charge in [-0.3, -0.25) is 0 Å². The highest BCUT2D eigenvalue weighted by Crippen LogP contribution is 2.38. The molecule has 0 saturated heterocycles. The summed E-state index contributed by atoms with van der Waals surface area (Å²) in [6, 6.07) is 3.71. The molecule has 0 bridgehead atoms. The summed E-state index contributed by atoms with van der Waals surface area (Å²) >= 11 is 0. The van der Waals surface area contributed by atoms with E-state index >= 15 is 0 Å². The molecular weight excluding hydrogens is 242 g/mol. The third kappa shape index (κ3) is 2.78. The van der Waals surface area contributed by atoms with E-state index in [2.05, 4.69) is 12.2 Å². The number of ether oxygens (including phenoxy) is 2. The van der Waals surface area contributed by atoms with Gasteiger partial charge in [-0.1, -0.05) is 6.92 Å². The maximum Gasteiger partial charge on any atom is 0.200 e. The second kappa shape index (κ2) is 5.70. The number of hydrogen-bond donors (Lipinski definition) is 2. The molecule has 1 aliphatic carbocycles. The zero-order valence-electron chi connectivity index (χ0n) is 12.0. The molecule has 2 rings (SSSR count). The molecule has 0 atom stereocenters. The standard InChI is InChI=1S/C15H23NO3/c1-4-15(6-5-7-15)16-10-11-8-12(18-2)14(17)13(9-11)19-3/h8-9,16-17H,4-7,10H2,1-3H3. The second-order valence-corrected chi connectivity index (χ2v) is 5.19. The topological polar surface area (TPSA) is 50.7 Å². The normalized spacial score (nSPS) is 16.8. The first kappa shape index (κ1) is 14.0. The predicted octanol–water partition coefficient (Wildman–Crippen LogP) is 2.83. The van der Waals surface area contributed by atoms with Crippen LogP contribution in [-0.4, -0.2) is 24.9 Å².